The van der Waals surface area contributed by atoms with Gasteiger partial charge >= 0.3 is 0 Å². The zero-order valence-corrected chi connectivity index (χ0v) is 16.7. The summed E-state index contributed by atoms with van der Waals surface area (Å²) in [5.74, 6) is 0.770. The highest BCUT2D eigenvalue weighted by atomic mass is 32.2. The Balaban J connectivity index is 1.41. The van der Waals surface area contributed by atoms with Crippen molar-refractivity contribution in [3.8, 4) is 0 Å². The summed E-state index contributed by atoms with van der Waals surface area (Å²) in [6.07, 6.45) is 0. The molecule has 0 saturated carbocycles. The molecule has 1 aromatic carbocycles. The summed E-state index contributed by atoms with van der Waals surface area (Å²) >= 11 is 1.29. The van der Waals surface area contributed by atoms with Crippen molar-refractivity contribution in [2.75, 3.05) is 42.1 Å². The monoisotopic (exact) mass is 406 g/mol. The highest BCUT2D eigenvalue weighted by Crippen LogP contribution is 2.19. The number of anilines is 2. The van der Waals surface area contributed by atoms with Crippen molar-refractivity contribution in [2.24, 2.45) is 0 Å². The van der Waals surface area contributed by atoms with Crippen LogP contribution in [-0.2, 0) is 9.59 Å². The lowest BCUT2D eigenvalue weighted by molar-refractivity contribution is -0.128. The smallest absolute Gasteiger partial charge is 0.238 e. The van der Waals surface area contributed by atoms with E-state index in [-0.39, 0.29) is 28.6 Å². The first-order valence-electron chi connectivity index (χ1n) is 9.06. The van der Waals surface area contributed by atoms with E-state index >= 15 is 0 Å². The van der Waals surface area contributed by atoms with E-state index in [1.165, 1.54) is 23.9 Å². The second-order valence-electron chi connectivity index (χ2n) is 6.61. The predicted octanol–water partition coefficient (Wildman–Crippen LogP) is 2.53. The number of hydrogen-bond acceptors (Lipinski definition) is 6. The molecule has 0 aliphatic carbocycles. The molecule has 0 bridgehead atoms. The zero-order chi connectivity index (χ0) is 20.1. The Morgan fingerprint density at radius 2 is 1.93 bits per heavy atom. The maximum absolute atomic E-state index is 13.0. The lowest BCUT2D eigenvalue weighted by atomic mass is 10.2. The van der Waals surface area contributed by atoms with Crippen LogP contribution in [0.3, 0.4) is 0 Å². The molecule has 0 radical (unpaired) electrons. The van der Waals surface area contributed by atoms with Crippen molar-refractivity contribution in [1.29, 1.82) is 0 Å². The van der Waals surface area contributed by atoms with Gasteiger partial charge in [-0.3, -0.25) is 9.59 Å². The van der Waals surface area contributed by atoms with E-state index in [1.54, 1.807) is 36.9 Å². The van der Waals surface area contributed by atoms with Crippen LogP contribution in [0.2, 0.25) is 0 Å². The van der Waals surface area contributed by atoms with Crippen molar-refractivity contribution in [1.82, 2.24) is 10.1 Å². The maximum Gasteiger partial charge on any atom is 0.238 e. The highest BCUT2D eigenvalue weighted by Gasteiger charge is 2.23. The molecule has 1 aromatic heterocycles. The van der Waals surface area contributed by atoms with Crippen LogP contribution in [0, 0.1) is 12.7 Å². The summed E-state index contributed by atoms with van der Waals surface area (Å²) in [7, 11) is 0. The first-order valence-corrected chi connectivity index (χ1v) is 10.1. The molecule has 3 rings (SSSR count). The minimum Gasteiger partial charge on any atom is -0.368 e. The Kier molecular flexibility index (Phi) is 6.56. The minimum absolute atomic E-state index is 0.0145. The molecular weight excluding hydrogens is 383 g/mol. The Hall–Kier alpha value is -2.55. The molecule has 0 unspecified atom stereocenters. The van der Waals surface area contributed by atoms with Gasteiger partial charge in [0.2, 0.25) is 11.8 Å². The van der Waals surface area contributed by atoms with Crippen LogP contribution in [0.15, 0.2) is 34.9 Å². The van der Waals surface area contributed by atoms with Gasteiger partial charge in [0.25, 0.3) is 0 Å². The van der Waals surface area contributed by atoms with Gasteiger partial charge in [0.15, 0.2) is 5.82 Å². The van der Waals surface area contributed by atoms with E-state index in [0.29, 0.717) is 37.8 Å². The summed E-state index contributed by atoms with van der Waals surface area (Å²) in [5, 5.41) is 6.01. The average molecular weight is 406 g/mol. The number of hydrogen-bond donors (Lipinski definition) is 1. The van der Waals surface area contributed by atoms with E-state index in [1.807, 2.05) is 0 Å². The summed E-state index contributed by atoms with van der Waals surface area (Å²) in [4.78, 5) is 28.6. The van der Waals surface area contributed by atoms with Crippen LogP contribution in [0.1, 0.15) is 12.7 Å². The number of piperazine rings is 1. The SMILES string of the molecule is Cc1cc(NC(=O)[C@H](C)SCC(=O)N2CCN(c3ccc(F)cc3)CC2)no1. The predicted molar refractivity (Wildman–Crippen MR) is 107 cm³/mol. The van der Waals surface area contributed by atoms with Crippen molar-refractivity contribution in [2.45, 2.75) is 19.1 Å². The lowest BCUT2D eigenvalue weighted by Crippen LogP contribution is -2.49. The molecule has 1 saturated heterocycles. The largest absolute Gasteiger partial charge is 0.368 e. The summed E-state index contributed by atoms with van der Waals surface area (Å²) in [5.41, 5.74) is 0.955. The van der Waals surface area contributed by atoms with Crippen LogP contribution < -0.4 is 10.2 Å². The number of aromatic nitrogens is 1. The normalized spacial score (nSPS) is 15.4. The molecule has 2 aromatic rings. The van der Waals surface area contributed by atoms with Crippen LogP contribution in [0.4, 0.5) is 15.9 Å². The van der Waals surface area contributed by atoms with Gasteiger partial charge in [0, 0.05) is 37.9 Å². The number of carbonyl (C=O) groups excluding carboxylic acids is 2. The molecule has 28 heavy (non-hydrogen) atoms. The van der Waals surface area contributed by atoms with Crippen molar-refractivity contribution >= 4 is 35.1 Å². The fourth-order valence-electron chi connectivity index (χ4n) is 2.88. The number of benzene rings is 1. The fraction of sp³-hybridized carbons (Fsp3) is 0.421. The van der Waals surface area contributed by atoms with Crippen LogP contribution >= 0.6 is 11.8 Å². The van der Waals surface area contributed by atoms with Crippen molar-refractivity contribution < 1.29 is 18.5 Å². The first-order chi connectivity index (χ1) is 13.4. The second-order valence-corrected chi connectivity index (χ2v) is 7.94. The van der Waals surface area contributed by atoms with Crippen molar-refractivity contribution in [3.05, 3.63) is 41.9 Å². The summed E-state index contributed by atoms with van der Waals surface area (Å²) in [6, 6.07) is 8.02. The van der Waals surface area contributed by atoms with Crippen molar-refractivity contribution in [3.63, 3.8) is 0 Å². The minimum atomic E-state index is -0.388. The number of rotatable bonds is 6. The second kappa shape index (κ2) is 9.09. The molecule has 7 nitrogen and oxygen atoms in total. The van der Waals surface area contributed by atoms with E-state index < -0.39 is 0 Å². The van der Waals surface area contributed by atoms with Gasteiger partial charge in [-0.2, -0.15) is 0 Å². The third kappa shape index (κ3) is 5.25. The molecule has 1 N–H and O–H groups in total. The number of amides is 2. The van der Waals surface area contributed by atoms with Gasteiger partial charge in [-0.25, -0.2) is 4.39 Å². The summed E-state index contributed by atoms with van der Waals surface area (Å²) < 4.78 is 18.0. The van der Waals surface area contributed by atoms with E-state index in [2.05, 4.69) is 15.4 Å². The maximum atomic E-state index is 13.0. The third-order valence-electron chi connectivity index (χ3n) is 4.53. The number of thioether (sulfide) groups is 1. The van der Waals surface area contributed by atoms with Gasteiger partial charge in [-0.1, -0.05) is 5.16 Å². The standard InChI is InChI=1S/C19H23FN4O3S/c1-13-11-17(22-27-13)21-19(26)14(2)28-12-18(25)24-9-7-23(8-10-24)16-5-3-15(20)4-6-16/h3-6,11,14H,7-10,12H2,1-2H3,(H,21,22,26)/t14-/m0/s1. The number of nitrogens with one attached hydrogen (secondary N) is 1. The van der Waals surface area contributed by atoms with E-state index in [0.717, 1.165) is 5.69 Å². The summed E-state index contributed by atoms with van der Waals surface area (Å²) in [6.45, 7) is 6.11. The quantitative estimate of drug-likeness (QED) is 0.794. The number of aryl methyl sites for hydroxylation is 1. The average Bonchev–Trinajstić information content (AvgIpc) is 3.11. The number of carbonyl (C=O) groups is 2. The molecule has 2 heterocycles. The van der Waals surface area contributed by atoms with E-state index in [9.17, 15) is 14.0 Å². The van der Waals surface area contributed by atoms with Crippen LogP contribution in [0.25, 0.3) is 0 Å². The highest BCUT2D eigenvalue weighted by molar-refractivity contribution is 8.01. The topological polar surface area (TPSA) is 78.7 Å². The Labute approximate surface area is 167 Å². The Morgan fingerprint density at radius 1 is 1.25 bits per heavy atom. The molecule has 150 valence electrons. The molecular formula is C19H23FN4O3S. The molecule has 1 aliphatic rings. The zero-order valence-electron chi connectivity index (χ0n) is 15.9. The number of halogens is 1. The van der Waals surface area contributed by atoms with E-state index in [4.69, 9.17) is 4.52 Å². The lowest BCUT2D eigenvalue weighted by Gasteiger charge is -2.36. The Morgan fingerprint density at radius 3 is 2.54 bits per heavy atom. The van der Waals surface area contributed by atoms with Gasteiger partial charge in [-0.15, -0.1) is 11.8 Å². The molecule has 9 heteroatoms. The molecule has 1 atom stereocenters. The van der Waals surface area contributed by atoms with Crippen LogP contribution in [0.5, 0.6) is 0 Å². The molecule has 1 fully saturated rings. The van der Waals surface area contributed by atoms with Gasteiger partial charge < -0.3 is 19.6 Å². The molecule has 2 amide bonds. The Bertz CT molecular complexity index is 819. The van der Waals surface area contributed by atoms with Gasteiger partial charge in [-0.05, 0) is 38.1 Å². The first kappa shape index (κ1) is 20.2. The molecule has 1 aliphatic heterocycles. The van der Waals surface area contributed by atoms with Gasteiger partial charge in [0.1, 0.15) is 11.6 Å². The molecule has 0 spiro atoms. The fourth-order valence-corrected chi connectivity index (χ4v) is 3.67. The van der Waals surface area contributed by atoms with Gasteiger partial charge in [0.05, 0.1) is 11.0 Å². The number of nitrogens with zero attached hydrogens (tertiary/aromatic N) is 3. The van der Waals surface area contributed by atoms with Crippen LogP contribution in [-0.4, -0.2) is 59.1 Å². The third-order valence-corrected chi connectivity index (χ3v) is 5.66.